The van der Waals surface area contributed by atoms with E-state index in [4.69, 9.17) is 9.26 Å². The number of amides is 1. The Labute approximate surface area is 136 Å². The molecule has 2 rings (SSSR count). The number of aromatic nitrogens is 1. The van der Waals surface area contributed by atoms with Gasteiger partial charge in [0, 0.05) is 11.5 Å². The van der Waals surface area contributed by atoms with Gasteiger partial charge in [0.1, 0.15) is 12.4 Å². The van der Waals surface area contributed by atoms with Crippen LogP contribution in [0.3, 0.4) is 0 Å². The van der Waals surface area contributed by atoms with Crippen molar-refractivity contribution < 1.29 is 14.1 Å². The quantitative estimate of drug-likeness (QED) is 0.825. The maximum Gasteiger partial charge on any atom is 0.231 e. The highest BCUT2D eigenvalue weighted by Gasteiger charge is 2.19. The van der Waals surface area contributed by atoms with Crippen LogP contribution in [0.25, 0.3) is 0 Å². The number of anilines is 1. The highest BCUT2D eigenvalue weighted by Crippen LogP contribution is 2.23. The van der Waals surface area contributed by atoms with Gasteiger partial charge in [-0.3, -0.25) is 10.1 Å². The third-order valence-corrected chi connectivity index (χ3v) is 3.20. The molecule has 0 saturated carbocycles. The van der Waals surface area contributed by atoms with Crippen molar-refractivity contribution in [3.8, 4) is 5.75 Å². The van der Waals surface area contributed by atoms with Crippen LogP contribution in [0, 0.1) is 0 Å². The largest absolute Gasteiger partial charge is 0.490 e. The van der Waals surface area contributed by atoms with Crippen molar-refractivity contribution in [3.63, 3.8) is 0 Å². The van der Waals surface area contributed by atoms with Gasteiger partial charge in [-0.25, -0.2) is 0 Å². The van der Waals surface area contributed by atoms with Crippen LogP contribution in [0.2, 0.25) is 0 Å². The predicted octanol–water partition coefficient (Wildman–Crippen LogP) is 3.72. The summed E-state index contributed by atoms with van der Waals surface area (Å²) in [7, 11) is 0. The van der Waals surface area contributed by atoms with Crippen molar-refractivity contribution in [1.82, 2.24) is 5.16 Å². The number of nitrogens with zero attached hydrogens (tertiary/aromatic N) is 1. The minimum Gasteiger partial charge on any atom is -0.490 e. The highest BCUT2D eigenvalue weighted by molar-refractivity contribution is 5.91. The summed E-state index contributed by atoms with van der Waals surface area (Å²) in [4.78, 5) is 12.1. The summed E-state index contributed by atoms with van der Waals surface area (Å²) in [5.41, 5.74) is 1.58. The number of carbonyl (C=O) groups is 1. The first-order chi connectivity index (χ1) is 10.9. The molecule has 1 heterocycles. The van der Waals surface area contributed by atoms with E-state index in [-0.39, 0.29) is 17.7 Å². The summed E-state index contributed by atoms with van der Waals surface area (Å²) in [6.07, 6.45) is 1.94. The van der Waals surface area contributed by atoms with Crippen molar-refractivity contribution >= 4 is 11.8 Å². The van der Waals surface area contributed by atoms with Crippen molar-refractivity contribution in [1.29, 1.82) is 0 Å². The standard InChI is InChI=1S/C18H22N2O3/c1-5-10-22-14-8-6-13(7-9-14)11-16(21)19-17-12-15(20-23-17)18(2,3)4/h5-9,12H,1,10-11H2,2-4H3,(H,19,21). The fourth-order valence-corrected chi connectivity index (χ4v) is 1.91. The maximum absolute atomic E-state index is 12.1. The van der Waals surface area contributed by atoms with Gasteiger partial charge in [-0.05, 0) is 17.7 Å². The van der Waals surface area contributed by atoms with E-state index >= 15 is 0 Å². The van der Waals surface area contributed by atoms with E-state index < -0.39 is 0 Å². The van der Waals surface area contributed by atoms with E-state index in [1.807, 2.05) is 45.0 Å². The molecule has 0 aliphatic rings. The Morgan fingerprint density at radius 3 is 2.61 bits per heavy atom. The van der Waals surface area contributed by atoms with Crippen LogP contribution < -0.4 is 10.1 Å². The lowest BCUT2D eigenvalue weighted by Crippen LogP contribution is -2.14. The predicted molar refractivity (Wildman–Crippen MR) is 89.7 cm³/mol. The zero-order chi connectivity index (χ0) is 16.9. The molecule has 0 spiro atoms. The summed E-state index contributed by atoms with van der Waals surface area (Å²) >= 11 is 0. The van der Waals surface area contributed by atoms with Crippen LogP contribution in [0.4, 0.5) is 5.88 Å². The van der Waals surface area contributed by atoms with Gasteiger partial charge in [0.25, 0.3) is 0 Å². The molecule has 0 aliphatic heterocycles. The Balaban J connectivity index is 1.91. The lowest BCUT2D eigenvalue weighted by molar-refractivity contribution is -0.115. The number of carbonyl (C=O) groups excluding carboxylic acids is 1. The van der Waals surface area contributed by atoms with E-state index in [2.05, 4.69) is 17.1 Å². The summed E-state index contributed by atoms with van der Waals surface area (Å²) in [6, 6.07) is 9.14. The average molecular weight is 314 g/mol. The molecular weight excluding hydrogens is 292 g/mol. The normalized spacial score (nSPS) is 11.1. The van der Waals surface area contributed by atoms with Gasteiger partial charge in [-0.1, -0.05) is 50.7 Å². The number of ether oxygens (including phenoxy) is 1. The Morgan fingerprint density at radius 2 is 2.04 bits per heavy atom. The minimum absolute atomic E-state index is 0.117. The zero-order valence-corrected chi connectivity index (χ0v) is 13.8. The Hall–Kier alpha value is -2.56. The summed E-state index contributed by atoms with van der Waals surface area (Å²) in [5, 5.41) is 6.69. The number of benzene rings is 1. The summed E-state index contributed by atoms with van der Waals surface area (Å²) in [6.45, 7) is 10.2. The van der Waals surface area contributed by atoms with E-state index in [1.165, 1.54) is 0 Å². The summed E-state index contributed by atoms with van der Waals surface area (Å²) < 4.78 is 10.6. The second kappa shape index (κ2) is 7.13. The van der Waals surface area contributed by atoms with Crippen LogP contribution in [0.5, 0.6) is 5.75 Å². The molecule has 0 radical (unpaired) electrons. The monoisotopic (exact) mass is 314 g/mol. The van der Waals surface area contributed by atoms with Crippen LogP contribution in [0.15, 0.2) is 47.5 Å². The molecule has 0 aliphatic carbocycles. The van der Waals surface area contributed by atoms with Crippen LogP contribution in [-0.2, 0) is 16.6 Å². The first kappa shape index (κ1) is 16.8. The third kappa shape index (κ3) is 4.98. The number of rotatable bonds is 6. The molecule has 23 heavy (non-hydrogen) atoms. The second-order valence-electron chi connectivity index (χ2n) is 6.29. The van der Waals surface area contributed by atoms with Crippen LogP contribution in [-0.4, -0.2) is 17.7 Å². The molecule has 0 saturated heterocycles. The Kier molecular flexibility index (Phi) is 5.21. The van der Waals surface area contributed by atoms with E-state index in [9.17, 15) is 4.79 Å². The molecular formula is C18H22N2O3. The molecule has 5 heteroatoms. The van der Waals surface area contributed by atoms with Crippen molar-refractivity contribution in [2.45, 2.75) is 32.6 Å². The molecule has 1 aromatic carbocycles. The van der Waals surface area contributed by atoms with Crippen molar-refractivity contribution in [3.05, 3.63) is 54.2 Å². The smallest absolute Gasteiger partial charge is 0.231 e. The molecule has 122 valence electrons. The maximum atomic E-state index is 12.1. The van der Waals surface area contributed by atoms with Crippen molar-refractivity contribution in [2.24, 2.45) is 0 Å². The SMILES string of the molecule is C=CCOc1ccc(CC(=O)Nc2cc(C(C)(C)C)no2)cc1. The third-order valence-electron chi connectivity index (χ3n) is 3.20. The van der Waals surface area contributed by atoms with Gasteiger partial charge in [0.05, 0.1) is 12.1 Å². The number of hydrogen-bond acceptors (Lipinski definition) is 4. The molecule has 0 bridgehead atoms. The minimum atomic E-state index is -0.152. The molecule has 0 fully saturated rings. The molecule has 1 amide bonds. The molecule has 2 aromatic rings. The topological polar surface area (TPSA) is 64.4 Å². The first-order valence-corrected chi connectivity index (χ1v) is 7.48. The fraction of sp³-hybridized carbons (Fsp3) is 0.333. The number of nitrogens with one attached hydrogen (secondary N) is 1. The Morgan fingerprint density at radius 1 is 1.35 bits per heavy atom. The Bertz CT molecular complexity index is 666. The van der Waals surface area contributed by atoms with E-state index in [1.54, 1.807) is 12.1 Å². The molecule has 1 aromatic heterocycles. The molecule has 1 N–H and O–H groups in total. The first-order valence-electron chi connectivity index (χ1n) is 7.48. The van der Waals surface area contributed by atoms with E-state index in [0.717, 1.165) is 17.0 Å². The molecule has 5 nitrogen and oxygen atoms in total. The lowest BCUT2D eigenvalue weighted by Gasteiger charge is -2.12. The van der Waals surface area contributed by atoms with Gasteiger partial charge >= 0.3 is 0 Å². The van der Waals surface area contributed by atoms with Crippen LogP contribution in [0.1, 0.15) is 32.0 Å². The summed E-state index contributed by atoms with van der Waals surface area (Å²) in [5.74, 6) is 0.964. The van der Waals surface area contributed by atoms with Gasteiger partial charge in [0.15, 0.2) is 0 Å². The second-order valence-corrected chi connectivity index (χ2v) is 6.29. The van der Waals surface area contributed by atoms with Crippen molar-refractivity contribution in [2.75, 3.05) is 11.9 Å². The van der Waals surface area contributed by atoms with Gasteiger partial charge in [0.2, 0.25) is 11.8 Å². The van der Waals surface area contributed by atoms with Crippen LogP contribution >= 0.6 is 0 Å². The fourth-order valence-electron chi connectivity index (χ4n) is 1.91. The lowest BCUT2D eigenvalue weighted by atomic mass is 9.92. The highest BCUT2D eigenvalue weighted by atomic mass is 16.5. The van der Waals surface area contributed by atoms with Gasteiger partial charge in [-0.15, -0.1) is 0 Å². The van der Waals surface area contributed by atoms with Gasteiger partial charge in [-0.2, -0.15) is 0 Å². The van der Waals surface area contributed by atoms with E-state index in [0.29, 0.717) is 12.5 Å². The molecule has 0 unspecified atom stereocenters. The zero-order valence-electron chi connectivity index (χ0n) is 13.8. The average Bonchev–Trinajstić information content (AvgIpc) is 2.95. The van der Waals surface area contributed by atoms with Gasteiger partial charge < -0.3 is 9.26 Å². The molecule has 0 atom stereocenters. The number of hydrogen-bond donors (Lipinski definition) is 1.